The molecular weight excluding hydrogens is 406 g/mol. The third-order valence-electron chi connectivity index (χ3n) is 3.92. The fourth-order valence-electron chi connectivity index (χ4n) is 2.65. The van der Waals surface area contributed by atoms with Crippen LogP contribution in [-0.4, -0.2) is 15.8 Å². The third kappa shape index (κ3) is 3.94. The second-order valence-electron chi connectivity index (χ2n) is 5.80. The summed E-state index contributed by atoms with van der Waals surface area (Å²) in [6.45, 7) is -0.0488. The maximum absolute atomic E-state index is 13.8. The van der Waals surface area contributed by atoms with Crippen molar-refractivity contribution < 1.29 is 32.2 Å². The van der Waals surface area contributed by atoms with Gasteiger partial charge in [-0.3, -0.25) is 4.79 Å². The van der Waals surface area contributed by atoms with Crippen molar-refractivity contribution in [1.82, 2.24) is 4.57 Å². The molecule has 3 aromatic rings. The smallest absolute Gasteiger partial charge is 0.449 e. The number of benzene rings is 2. The highest BCUT2D eigenvalue weighted by molar-refractivity contribution is 6.31. The van der Waals surface area contributed by atoms with Gasteiger partial charge in [-0.2, -0.15) is 13.2 Å². The van der Waals surface area contributed by atoms with Gasteiger partial charge in [-0.05, 0) is 29.8 Å². The van der Waals surface area contributed by atoms with Crippen LogP contribution in [0.2, 0.25) is 5.02 Å². The number of alkyl halides is 3. The predicted molar refractivity (Wildman–Crippen MR) is 92.4 cm³/mol. The predicted octanol–water partition coefficient (Wildman–Crippen LogP) is 4.92. The average Bonchev–Trinajstić information content (AvgIpc) is 2.60. The van der Waals surface area contributed by atoms with Gasteiger partial charge >= 0.3 is 12.3 Å². The van der Waals surface area contributed by atoms with Crippen molar-refractivity contribution in [2.24, 2.45) is 0 Å². The standard InChI is InChI=1S/C18H10ClF4NO4/c19-12-6-14-11(5-13(12)20)16(25)15(28-17(26)27)8-24(14)7-9-1-3-10(4-2-9)18(21,22)23/h1-6,8H,7H2,(H,26,27). The molecule has 0 spiro atoms. The first-order valence-electron chi connectivity index (χ1n) is 7.65. The van der Waals surface area contributed by atoms with E-state index in [2.05, 4.69) is 4.74 Å². The summed E-state index contributed by atoms with van der Waals surface area (Å²) in [5.74, 6) is -1.46. The molecule has 0 radical (unpaired) electrons. The summed E-state index contributed by atoms with van der Waals surface area (Å²) in [4.78, 5) is 23.2. The van der Waals surface area contributed by atoms with Crippen LogP contribution in [0, 0.1) is 5.82 Å². The first-order chi connectivity index (χ1) is 13.1. The Morgan fingerprint density at radius 1 is 1.18 bits per heavy atom. The van der Waals surface area contributed by atoms with E-state index < -0.39 is 34.9 Å². The van der Waals surface area contributed by atoms with Gasteiger partial charge in [0.2, 0.25) is 5.43 Å². The summed E-state index contributed by atoms with van der Waals surface area (Å²) in [5.41, 5.74) is -1.12. The highest BCUT2D eigenvalue weighted by atomic mass is 35.5. The monoisotopic (exact) mass is 415 g/mol. The topological polar surface area (TPSA) is 68.5 Å². The zero-order chi connectivity index (χ0) is 20.6. The van der Waals surface area contributed by atoms with Gasteiger partial charge in [0.1, 0.15) is 5.82 Å². The zero-order valence-electron chi connectivity index (χ0n) is 13.8. The van der Waals surface area contributed by atoms with Crippen LogP contribution < -0.4 is 10.2 Å². The van der Waals surface area contributed by atoms with E-state index in [4.69, 9.17) is 16.7 Å². The minimum absolute atomic E-state index is 0.0488. The van der Waals surface area contributed by atoms with E-state index in [-0.39, 0.29) is 22.5 Å². The van der Waals surface area contributed by atoms with Crippen LogP contribution in [0.25, 0.3) is 10.9 Å². The lowest BCUT2D eigenvalue weighted by atomic mass is 10.1. The molecule has 2 aromatic carbocycles. The summed E-state index contributed by atoms with van der Waals surface area (Å²) >= 11 is 5.77. The van der Waals surface area contributed by atoms with E-state index in [1.165, 1.54) is 22.8 Å². The molecule has 3 rings (SSSR count). The van der Waals surface area contributed by atoms with E-state index in [0.29, 0.717) is 5.56 Å². The lowest BCUT2D eigenvalue weighted by Crippen LogP contribution is -2.17. The van der Waals surface area contributed by atoms with Gasteiger partial charge in [0, 0.05) is 6.54 Å². The highest BCUT2D eigenvalue weighted by Crippen LogP contribution is 2.29. The highest BCUT2D eigenvalue weighted by Gasteiger charge is 2.30. The van der Waals surface area contributed by atoms with E-state index in [1.54, 1.807) is 0 Å². The minimum atomic E-state index is -4.49. The zero-order valence-corrected chi connectivity index (χ0v) is 14.5. The van der Waals surface area contributed by atoms with Crippen molar-refractivity contribution in [2.45, 2.75) is 12.7 Å². The Hall–Kier alpha value is -3.07. The van der Waals surface area contributed by atoms with Crippen molar-refractivity contribution in [3.8, 4) is 5.75 Å². The number of carboxylic acid groups (broad SMARTS) is 1. The molecule has 5 nitrogen and oxygen atoms in total. The van der Waals surface area contributed by atoms with Crippen LogP contribution in [0.4, 0.5) is 22.4 Å². The van der Waals surface area contributed by atoms with Gasteiger partial charge in [-0.1, -0.05) is 23.7 Å². The van der Waals surface area contributed by atoms with Crippen LogP contribution in [-0.2, 0) is 12.7 Å². The number of hydrogen-bond donors (Lipinski definition) is 1. The largest absolute Gasteiger partial charge is 0.511 e. The molecule has 1 heterocycles. The van der Waals surface area contributed by atoms with Crippen molar-refractivity contribution in [1.29, 1.82) is 0 Å². The van der Waals surface area contributed by atoms with Crippen LogP contribution in [0.5, 0.6) is 5.75 Å². The Bertz CT molecular complexity index is 1120. The molecule has 0 saturated heterocycles. The minimum Gasteiger partial charge on any atom is -0.449 e. The van der Waals surface area contributed by atoms with Gasteiger partial charge < -0.3 is 14.4 Å². The molecule has 0 aliphatic heterocycles. The SMILES string of the molecule is O=C(O)Oc1cn(Cc2ccc(C(F)(F)F)cc2)c2cc(Cl)c(F)cc2c1=O. The van der Waals surface area contributed by atoms with Crippen molar-refractivity contribution >= 4 is 28.7 Å². The maximum atomic E-state index is 13.8. The molecule has 1 N–H and O–H groups in total. The van der Waals surface area contributed by atoms with Gasteiger partial charge in [0.15, 0.2) is 5.75 Å². The van der Waals surface area contributed by atoms with Gasteiger partial charge in [0.05, 0.1) is 27.7 Å². The molecule has 28 heavy (non-hydrogen) atoms. The van der Waals surface area contributed by atoms with Gasteiger partial charge in [0.25, 0.3) is 0 Å². The average molecular weight is 416 g/mol. The fraction of sp³-hybridized carbons (Fsp3) is 0.111. The Morgan fingerprint density at radius 3 is 2.39 bits per heavy atom. The molecule has 0 bridgehead atoms. The van der Waals surface area contributed by atoms with Crippen molar-refractivity contribution in [2.75, 3.05) is 0 Å². The van der Waals surface area contributed by atoms with Crippen LogP contribution in [0.3, 0.4) is 0 Å². The Balaban J connectivity index is 2.13. The fourth-order valence-corrected chi connectivity index (χ4v) is 2.81. The van der Waals surface area contributed by atoms with E-state index in [1.807, 2.05) is 0 Å². The van der Waals surface area contributed by atoms with Gasteiger partial charge in [-0.25, -0.2) is 9.18 Å². The summed E-state index contributed by atoms with van der Waals surface area (Å²) in [6.07, 6.45) is -5.16. The second kappa shape index (κ2) is 7.16. The number of ether oxygens (including phenoxy) is 1. The molecule has 10 heteroatoms. The number of nitrogens with zero attached hydrogens (tertiary/aromatic N) is 1. The molecule has 0 unspecified atom stereocenters. The maximum Gasteiger partial charge on any atom is 0.511 e. The first kappa shape index (κ1) is 19.7. The van der Waals surface area contributed by atoms with E-state index in [0.717, 1.165) is 24.4 Å². The molecule has 0 amide bonds. The molecule has 0 aliphatic rings. The van der Waals surface area contributed by atoms with Crippen LogP contribution in [0.15, 0.2) is 47.4 Å². The van der Waals surface area contributed by atoms with Crippen molar-refractivity contribution in [3.63, 3.8) is 0 Å². The van der Waals surface area contributed by atoms with Crippen LogP contribution >= 0.6 is 11.6 Å². The summed E-state index contributed by atoms with van der Waals surface area (Å²) in [6, 6.07) is 6.26. The number of carbonyl (C=O) groups is 1. The van der Waals surface area contributed by atoms with Gasteiger partial charge in [-0.15, -0.1) is 0 Å². The Morgan fingerprint density at radius 2 is 1.82 bits per heavy atom. The first-order valence-corrected chi connectivity index (χ1v) is 8.03. The van der Waals surface area contributed by atoms with Crippen LogP contribution in [0.1, 0.15) is 11.1 Å². The lowest BCUT2D eigenvalue weighted by Gasteiger charge is -2.14. The normalized spacial score (nSPS) is 11.6. The van der Waals surface area contributed by atoms with Crippen molar-refractivity contribution in [3.05, 3.63) is 74.8 Å². The summed E-state index contributed by atoms with van der Waals surface area (Å²) in [7, 11) is 0. The van der Waals surface area contributed by atoms with E-state index >= 15 is 0 Å². The third-order valence-corrected chi connectivity index (χ3v) is 4.21. The quantitative estimate of drug-likeness (QED) is 0.487. The Labute approximate surface area is 159 Å². The summed E-state index contributed by atoms with van der Waals surface area (Å²) < 4.78 is 57.7. The van der Waals surface area contributed by atoms with E-state index in [9.17, 15) is 27.2 Å². The molecule has 146 valence electrons. The Kier molecular flexibility index (Phi) is 5.03. The molecule has 1 aromatic heterocycles. The number of hydrogen-bond acceptors (Lipinski definition) is 3. The second-order valence-corrected chi connectivity index (χ2v) is 6.20. The number of pyridine rings is 1. The number of aromatic nitrogens is 1. The number of fused-ring (bicyclic) bond motifs is 1. The lowest BCUT2D eigenvalue weighted by molar-refractivity contribution is -0.137. The molecule has 0 aliphatic carbocycles. The molecule has 0 fully saturated rings. The molecule has 0 saturated carbocycles. The number of rotatable bonds is 3. The number of halogens is 5. The molecular formula is C18H10ClF4NO4. The molecule has 0 atom stereocenters. The summed E-state index contributed by atoms with van der Waals surface area (Å²) in [5, 5.41) is 8.31.